The van der Waals surface area contributed by atoms with Gasteiger partial charge in [0.2, 0.25) is 0 Å². The number of aliphatic hydroxyl groups is 1. The van der Waals surface area contributed by atoms with E-state index in [1.807, 2.05) is 4.57 Å². The summed E-state index contributed by atoms with van der Waals surface area (Å²) in [4.78, 5) is 4.06. The summed E-state index contributed by atoms with van der Waals surface area (Å²) in [5.41, 5.74) is 6.68. The van der Waals surface area contributed by atoms with Crippen molar-refractivity contribution in [2.45, 2.75) is 39.3 Å². The van der Waals surface area contributed by atoms with Crippen LogP contribution < -0.4 is 5.73 Å². The molecule has 0 aliphatic heterocycles. The Labute approximate surface area is 91.1 Å². The van der Waals surface area contributed by atoms with E-state index in [2.05, 4.69) is 18.8 Å². The average Bonchev–Trinajstić information content (AvgIpc) is 2.64. The number of rotatable bonds is 6. The van der Waals surface area contributed by atoms with Crippen LogP contribution in [0, 0.1) is 5.92 Å². The number of nitrogens with zero attached hydrogens (tertiary/aromatic N) is 2. The highest BCUT2D eigenvalue weighted by atomic mass is 16.3. The van der Waals surface area contributed by atoms with Crippen LogP contribution in [0.4, 0.5) is 0 Å². The lowest BCUT2D eigenvalue weighted by Crippen LogP contribution is -2.18. The Kier molecular flexibility index (Phi) is 4.78. The second-order valence-electron chi connectivity index (χ2n) is 4.34. The molecule has 1 atom stereocenters. The highest BCUT2D eigenvalue weighted by molar-refractivity contribution is 5.04. The molecule has 0 aliphatic carbocycles. The summed E-state index contributed by atoms with van der Waals surface area (Å²) >= 11 is 0. The first-order valence-electron chi connectivity index (χ1n) is 5.51. The molecule has 3 N–H and O–H groups in total. The van der Waals surface area contributed by atoms with Crippen molar-refractivity contribution < 1.29 is 5.11 Å². The van der Waals surface area contributed by atoms with Gasteiger partial charge in [0.05, 0.1) is 24.7 Å². The molecule has 0 aliphatic rings. The predicted octanol–water partition coefficient (Wildman–Crippen LogP) is 1.31. The molecule has 0 bridgehead atoms. The maximum absolute atomic E-state index is 8.98. The molecule has 1 unspecified atom stereocenters. The smallest absolute Gasteiger partial charge is 0.0948 e. The van der Waals surface area contributed by atoms with Crippen molar-refractivity contribution in [3.05, 3.63) is 18.2 Å². The second kappa shape index (κ2) is 5.88. The number of imidazole rings is 1. The molecule has 86 valence electrons. The lowest BCUT2D eigenvalue weighted by Gasteiger charge is -2.12. The topological polar surface area (TPSA) is 64.1 Å². The maximum atomic E-state index is 8.98. The predicted molar refractivity (Wildman–Crippen MR) is 60.3 cm³/mol. The monoisotopic (exact) mass is 211 g/mol. The van der Waals surface area contributed by atoms with Crippen LogP contribution in [-0.4, -0.2) is 21.3 Å². The third kappa shape index (κ3) is 3.64. The normalized spacial score (nSPS) is 13.4. The van der Waals surface area contributed by atoms with Crippen LogP contribution in [0.5, 0.6) is 0 Å². The van der Waals surface area contributed by atoms with Gasteiger partial charge in [-0.1, -0.05) is 13.8 Å². The fraction of sp³-hybridized carbons (Fsp3) is 0.727. The van der Waals surface area contributed by atoms with E-state index in [4.69, 9.17) is 10.8 Å². The molecule has 0 aromatic carbocycles. The molecular weight excluding hydrogens is 190 g/mol. The van der Waals surface area contributed by atoms with Crippen molar-refractivity contribution in [1.82, 2.24) is 9.55 Å². The van der Waals surface area contributed by atoms with E-state index in [1.54, 1.807) is 12.5 Å². The van der Waals surface area contributed by atoms with Gasteiger partial charge in [0.15, 0.2) is 0 Å². The van der Waals surface area contributed by atoms with Crippen LogP contribution in [0.2, 0.25) is 0 Å². The molecule has 0 amide bonds. The van der Waals surface area contributed by atoms with Crippen LogP contribution >= 0.6 is 0 Å². The van der Waals surface area contributed by atoms with Gasteiger partial charge in [0.25, 0.3) is 0 Å². The summed E-state index contributed by atoms with van der Waals surface area (Å²) in [5.74, 6) is 0.725. The summed E-state index contributed by atoms with van der Waals surface area (Å²) in [7, 11) is 0. The van der Waals surface area contributed by atoms with E-state index < -0.39 is 0 Å². The molecule has 1 rings (SSSR count). The molecule has 4 heteroatoms. The highest BCUT2D eigenvalue weighted by Crippen LogP contribution is 2.11. The Morgan fingerprint density at radius 1 is 1.53 bits per heavy atom. The first-order valence-corrected chi connectivity index (χ1v) is 5.51. The Bertz CT molecular complexity index is 283. The van der Waals surface area contributed by atoms with Crippen molar-refractivity contribution in [1.29, 1.82) is 0 Å². The molecule has 15 heavy (non-hydrogen) atoms. The number of hydrogen-bond donors (Lipinski definition) is 2. The van der Waals surface area contributed by atoms with Gasteiger partial charge >= 0.3 is 0 Å². The standard InChI is InChI=1S/C11H21N3O/c1-9(2)4-3-5-14-8-13-6-11(14)10(12)7-15/h6,8-10,15H,3-5,7,12H2,1-2H3. The van der Waals surface area contributed by atoms with Crippen molar-refractivity contribution in [2.75, 3.05) is 6.61 Å². The first kappa shape index (κ1) is 12.2. The fourth-order valence-electron chi connectivity index (χ4n) is 1.59. The number of aliphatic hydroxyl groups excluding tert-OH is 1. The van der Waals surface area contributed by atoms with E-state index in [0.717, 1.165) is 24.6 Å². The SMILES string of the molecule is CC(C)CCCn1cncc1C(N)CO. The molecule has 0 fully saturated rings. The van der Waals surface area contributed by atoms with Crippen molar-refractivity contribution in [3.8, 4) is 0 Å². The maximum Gasteiger partial charge on any atom is 0.0948 e. The number of aromatic nitrogens is 2. The lowest BCUT2D eigenvalue weighted by atomic mass is 10.1. The van der Waals surface area contributed by atoms with Crippen molar-refractivity contribution >= 4 is 0 Å². The van der Waals surface area contributed by atoms with E-state index in [1.165, 1.54) is 6.42 Å². The zero-order chi connectivity index (χ0) is 11.3. The minimum atomic E-state index is -0.313. The molecular formula is C11H21N3O. The molecule has 0 radical (unpaired) electrons. The fourth-order valence-corrected chi connectivity index (χ4v) is 1.59. The van der Waals surface area contributed by atoms with Gasteiger partial charge in [-0.3, -0.25) is 0 Å². The summed E-state index contributed by atoms with van der Waals surface area (Å²) in [6.45, 7) is 5.33. The molecule has 0 saturated heterocycles. The Hall–Kier alpha value is -0.870. The van der Waals surface area contributed by atoms with Gasteiger partial charge in [-0.25, -0.2) is 4.98 Å². The molecule has 1 aromatic heterocycles. The van der Waals surface area contributed by atoms with E-state index in [-0.39, 0.29) is 12.6 Å². The van der Waals surface area contributed by atoms with Gasteiger partial charge in [0, 0.05) is 12.7 Å². The third-order valence-electron chi connectivity index (χ3n) is 2.50. The number of aryl methyl sites for hydroxylation is 1. The molecule has 4 nitrogen and oxygen atoms in total. The molecule has 1 aromatic rings. The van der Waals surface area contributed by atoms with Gasteiger partial charge in [-0.2, -0.15) is 0 Å². The Morgan fingerprint density at radius 2 is 2.27 bits per heavy atom. The molecule has 0 spiro atoms. The number of hydrogen-bond acceptors (Lipinski definition) is 3. The van der Waals surface area contributed by atoms with Gasteiger partial charge < -0.3 is 15.4 Å². The second-order valence-corrected chi connectivity index (χ2v) is 4.34. The van der Waals surface area contributed by atoms with Gasteiger partial charge in [-0.05, 0) is 18.8 Å². The minimum Gasteiger partial charge on any atom is -0.394 e. The molecule has 1 heterocycles. The van der Waals surface area contributed by atoms with Gasteiger partial charge in [0.1, 0.15) is 0 Å². The Balaban J connectivity index is 2.50. The summed E-state index contributed by atoms with van der Waals surface area (Å²) in [6, 6.07) is -0.313. The van der Waals surface area contributed by atoms with Crippen molar-refractivity contribution in [3.63, 3.8) is 0 Å². The summed E-state index contributed by atoms with van der Waals surface area (Å²) in [5, 5.41) is 8.98. The Morgan fingerprint density at radius 3 is 2.87 bits per heavy atom. The summed E-state index contributed by atoms with van der Waals surface area (Å²) in [6.07, 6.45) is 5.84. The highest BCUT2D eigenvalue weighted by Gasteiger charge is 2.09. The zero-order valence-electron chi connectivity index (χ0n) is 9.56. The van der Waals surface area contributed by atoms with Crippen LogP contribution in [0.25, 0.3) is 0 Å². The lowest BCUT2D eigenvalue weighted by molar-refractivity contribution is 0.262. The minimum absolute atomic E-state index is 0.0319. The van der Waals surface area contributed by atoms with E-state index in [0.29, 0.717) is 0 Å². The average molecular weight is 211 g/mol. The molecule has 0 saturated carbocycles. The largest absolute Gasteiger partial charge is 0.394 e. The number of nitrogens with two attached hydrogens (primary N) is 1. The van der Waals surface area contributed by atoms with Crippen LogP contribution in [-0.2, 0) is 6.54 Å². The quantitative estimate of drug-likeness (QED) is 0.745. The van der Waals surface area contributed by atoms with E-state index in [9.17, 15) is 0 Å². The first-order chi connectivity index (χ1) is 7.15. The van der Waals surface area contributed by atoms with Crippen LogP contribution in [0.3, 0.4) is 0 Å². The summed E-state index contributed by atoms with van der Waals surface area (Å²) < 4.78 is 2.03. The van der Waals surface area contributed by atoms with Crippen LogP contribution in [0.15, 0.2) is 12.5 Å². The van der Waals surface area contributed by atoms with E-state index >= 15 is 0 Å². The van der Waals surface area contributed by atoms with Gasteiger partial charge in [-0.15, -0.1) is 0 Å². The zero-order valence-corrected chi connectivity index (χ0v) is 9.56. The third-order valence-corrected chi connectivity index (χ3v) is 2.50. The van der Waals surface area contributed by atoms with Crippen LogP contribution in [0.1, 0.15) is 38.4 Å². The van der Waals surface area contributed by atoms with Crippen molar-refractivity contribution in [2.24, 2.45) is 11.7 Å².